The molecular formula is C17H17ClN2O2. The van der Waals surface area contributed by atoms with Crippen molar-refractivity contribution >= 4 is 29.2 Å². The van der Waals surface area contributed by atoms with Crippen molar-refractivity contribution in [2.75, 3.05) is 4.90 Å². The van der Waals surface area contributed by atoms with Crippen molar-refractivity contribution in [1.29, 1.82) is 0 Å². The van der Waals surface area contributed by atoms with Crippen LogP contribution in [0.15, 0.2) is 29.5 Å². The van der Waals surface area contributed by atoms with Gasteiger partial charge in [-0.05, 0) is 50.7 Å². The van der Waals surface area contributed by atoms with Crippen molar-refractivity contribution < 1.29 is 9.59 Å². The standard InChI is InChI=1S/C17H17ClN2O2/c1-8(2)13-10-4-5-11(13)15-14(10)16(21)20(17(15)22)12-6-3-9(18)7-19-12/h3,6-7,10-11,14-15H,4-5H2,1-2H3/t10-,11-,14-,15-/m1/s1. The van der Waals surface area contributed by atoms with Gasteiger partial charge in [0.2, 0.25) is 11.8 Å². The van der Waals surface area contributed by atoms with Crippen molar-refractivity contribution in [1.82, 2.24) is 4.98 Å². The molecule has 1 aliphatic heterocycles. The highest BCUT2D eigenvalue weighted by atomic mass is 35.5. The highest BCUT2D eigenvalue weighted by Crippen LogP contribution is 2.60. The summed E-state index contributed by atoms with van der Waals surface area (Å²) in [7, 11) is 0. The molecule has 114 valence electrons. The van der Waals surface area contributed by atoms with Gasteiger partial charge in [-0.15, -0.1) is 0 Å². The fourth-order valence-corrected chi connectivity index (χ4v) is 4.83. The lowest BCUT2D eigenvalue weighted by Gasteiger charge is -2.18. The van der Waals surface area contributed by atoms with E-state index < -0.39 is 0 Å². The molecule has 3 aliphatic rings. The van der Waals surface area contributed by atoms with Gasteiger partial charge in [-0.25, -0.2) is 9.88 Å². The molecule has 0 aromatic carbocycles. The summed E-state index contributed by atoms with van der Waals surface area (Å²) in [6, 6.07) is 3.30. The van der Waals surface area contributed by atoms with Gasteiger partial charge in [0.1, 0.15) is 5.82 Å². The smallest absolute Gasteiger partial charge is 0.239 e. The van der Waals surface area contributed by atoms with Gasteiger partial charge in [0.25, 0.3) is 0 Å². The SMILES string of the molecule is CC(C)=C1[C@H]2CC[C@H]1[C@H]1C(=O)N(c3ccc(Cl)cn3)C(=O)[C@@H]12. The molecule has 2 bridgehead atoms. The van der Waals surface area contributed by atoms with Crippen molar-refractivity contribution in [3.63, 3.8) is 0 Å². The van der Waals surface area contributed by atoms with Gasteiger partial charge in [-0.2, -0.15) is 0 Å². The summed E-state index contributed by atoms with van der Waals surface area (Å²) in [5.41, 5.74) is 2.64. The van der Waals surface area contributed by atoms with Crippen LogP contribution in [0.25, 0.3) is 0 Å². The zero-order valence-electron chi connectivity index (χ0n) is 12.5. The second-order valence-corrected chi connectivity index (χ2v) is 7.08. The number of allylic oxidation sites excluding steroid dienone is 2. The van der Waals surface area contributed by atoms with Crippen molar-refractivity contribution in [2.45, 2.75) is 26.7 Å². The van der Waals surface area contributed by atoms with E-state index in [1.165, 1.54) is 22.2 Å². The quantitative estimate of drug-likeness (QED) is 0.590. The molecule has 4 rings (SSSR count). The van der Waals surface area contributed by atoms with Crippen LogP contribution in [0.2, 0.25) is 5.02 Å². The molecule has 4 nitrogen and oxygen atoms in total. The molecule has 0 radical (unpaired) electrons. The van der Waals surface area contributed by atoms with Crippen LogP contribution in [-0.2, 0) is 9.59 Å². The Morgan fingerprint density at radius 1 is 1.14 bits per heavy atom. The van der Waals surface area contributed by atoms with Gasteiger partial charge < -0.3 is 0 Å². The molecule has 0 N–H and O–H groups in total. The highest BCUT2D eigenvalue weighted by molar-refractivity contribution is 6.30. The lowest BCUT2D eigenvalue weighted by molar-refractivity contribution is -0.123. The third kappa shape index (κ3) is 1.67. The summed E-state index contributed by atoms with van der Waals surface area (Å²) < 4.78 is 0. The van der Waals surface area contributed by atoms with E-state index in [-0.39, 0.29) is 35.5 Å². The average molecular weight is 317 g/mol. The number of anilines is 1. The highest BCUT2D eigenvalue weighted by Gasteiger charge is 2.63. The van der Waals surface area contributed by atoms with Gasteiger partial charge in [0, 0.05) is 6.20 Å². The van der Waals surface area contributed by atoms with Crippen LogP contribution in [0.4, 0.5) is 5.82 Å². The Hall–Kier alpha value is -1.68. The minimum absolute atomic E-state index is 0.0872. The molecule has 22 heavy (non-hydrogen) atoms. The first-order valence-corrected chi connectivity index (χ1v) is 8.05. The molecule has 2 heterocycles. The van der Waals surface area contributed by atoms with Crippen LogP contribution in [0, 0.1) is 23.7 Å². The zero-order chi connectivity index (χ0) is 15.6. The van der Waals surface area contributed by atoms with E-state index in [1.54, 1.807) is 12.1 Å². The maximum absolute atomic E-state index is 12.9. The maximum Gasteiger partial charge on any atom is 0.239 e. The first-order valence-electron chi connectivity index (χ1n) is 7.67. The van der Waals surface area contributed by atoms with Gasteiger partial charge in [0.15, 0.2) is 0 Å². The summed E-state index contributed by atoms with van der Waals surface area (Å²) in [4.78, 5) is 31.1. The fourth-order valence-electron chi connectivity index (χ4n) is 4.72. The van der Waals surface area contributed by atoms with Crippen molar-refractivity contribution in [2.24, 2.45) is 23.7 Å². The number of fused-ring (bicyclic) bond motifs is 5. The molecular weight excluding hydrogens is 300 g/mol. The van der Waals surface area contributed by atoms with Crippen LogP contribution in [0.1, 0.15) is 26.7 Å². The number of carbonyl (C=O) groups is 2. The van der Waals surface area contributed by atoms with E-state index in [9.17, 15) is 9.59 Å². The first-order chi connectivity index (χ1) is 10.5. The number of pyridine rings is 1. The Bertz CT molecular complexity index is 674. The number of imide groups is 1. The lowest BCUT2D eigenvalue weighted by atomic mass is 9.81. The summed E-state index contributed by atoms with van der Waals surface area (Å²) in [6.45, 7) is 4.18. The molecule has 1 aromatic heterocycles. The summed E-state index contributed by atoms with van der Waals surface area (Å²) in [5.74, 6) is 0.336. The molecule has 0 spiro atoms. The van der Waals surface area contributed by atoms with Crippen LogP contribution in [0.5, 0.6) is 0 Å². The Balaban J connectivity index is 1.75. The number of halogens is 1. The lowest BCUT2D eigenvalue weighted by Crippen LogP contribution is -2.33. The number of aromatic nitrogens is 1. The molecule has 3 fully saturated rings. The Labute approximate surface area is 134 Å². The second kappa shape index (κ2) is 4.66. The molecule has 2 amide bonds. The van der Waals surface area contributed by atoms with E-state index in [1.807, 2.05) is 0 Å². The minimum atomic E-state index is -0.186. The largest absolute Gasteiger partial charge is 0.274 e. The van der Waals surface area contributed by atoms with E-state index in [0.717, 1.165) is 12.8 Å². The fraction of sp³-hybridized carbons (Fsp3) is 0.471. The summed E-state index contributed by atoms with van der Waals surface area (Å²) >= 11 is 5.84. The Kier molecular flexibility index (Phi) is 2.95. The van der Waals surface area contributed by atoms with Crippen LogP contribution >= 0.6 is 11.6 Å². The molecule has 5 heteroatoms. The van der Waals surface area contributed by atoms with E-state index >= 15 is 0 Å². The average Bonchev–Trinajstić information content (AvgIpc) is 3.11. The predicted molar refractivity (Wildman–Crippen MR) is 83.3 cm³/mol. The number of hydrogen-bond donors (Lipinski definition) is 0. The third-order valence-corrected chi connectivity index (χ3v) is 5.59. The zero-order valence-corrected chi connectivity index (χ0v) is 13.3. The molecule has 1 saturated heterocycles. The molecule has 0 unspecified atom stereocenters. The Morgan fingerprint density at radius 2 is 1.73 bits per heavy atom. The van der Waals surface area contributed by atoms with E-state index in [4.69, 9.17) is 11.6 Å². The molecule has 1 aromatic rings. The molecule has 2 aliphatic carbocycles. The maximum atomic E-state index is 12.9. The normalized spacial score (nSPS) is 32.9. The molecule has 2 saturated carbocycles. The molecule has 4 atom stereocenters. The number of carbonyl (C=O) groups excluding carboxylic acids is 2. The van der Waals surface area contributed by atoms with Crippen LogP contribution in [0.3, 0.4) is 0 Å². The Morgan fingerprint density at radius 3 is 2.18 bits per heavy atom. The number of hydrogen-bond acceptors (Lipinski definition) is 3. The topological polar surface area (TPSA) is 50.3 Å². The van der Waals surface area contributed by atoms with Crippen molar-refractivity contribution in [3.8, 4) is 0 Å². The third-order valence-electron chi connectivity index (χ3n) is 5.37. The number of nitrogens with zero attached hydrogens (tertiary/aromatic N) is 2. The van der Waals surface area contributed by atoms with Crippen LogP contribution in [-0.4, -0.2) is 16.8 Å². The van der Waals surface area contributed by atoms with E-state index in [0.29, 0.717) is 10.8 Å². The van der Waals surface area contributed by atoms with Gasteiger partial charge in [0.05, 0.1) is 16.9 Å². The number of rotatable bonds is 1. The summed E-state index contributed by atoms with van der Waals surface area (Å²) in [6.07, 6.45) is 3.52. The van der Waals surface area contributed by atoms with E-state index in [2.05, 4.69) is 18.8 Å². The van der Waals surface area contributed by atoms with Crippen LogP contribution < -0.4 is 4.90 Å². The second-order valence-electron chi connectivity index (χ2n) is 6.64. The van der Waals surface area contributed by atoms with Gasteiger partial charge in [-0.1, -0.05) is 22.7 Å². The van der Waals surface area contributed by atoms with Gasteiger partial charge in [-0.3, -0.25) is 9.59 Å². The van der Waals surface area contributed by atoms with Gasteiger partial charge >= 0.3 is 0 Å². The monoisotopic (exact) mass is 316 g/mol. The summed E-state index contributed by atoms with van der Waals surface area (Å²) in [5, 5.41) is 0.495. The van der Waals surface area contributed by atoms with Crippen molar-refractivity contribution in [3.05, 3.63) is 34.5 Å². The number of amides is 2. The predicted octanol–water partition coefficient (Wildman–Crippen LogP) is 3.22. The minimum Gasteiger partial charge on any atom is -0.274 e. The first kappa shape index (κ1) is 13.9.